The summed E-state index contributed by atoms with van der Waals surface area (Å²) in [7, 11) is 0. The molecule has 2 heterocycles. The third-order valence-electron chi connectivity index (χ3n) is 4.94. The Kier molecular flexibility index (Phi) is 6.15. The molecule has 3 aromatic rings. The third-order valence-corrected chi connectivity index (χ3v) is 5.70. The van der Waals surface area contributed by atoms with Crippen molar-refractivity contribution in [2.24, 2.45) is 0 Å². The first-order valence-corrected chi connectivity index (χ1v) is 10.8. The van der Waals surface area contributed by atoms with Gasteiger partial charge in [-0.15, -0.1) is 11.3 Å². The van der Waals surface area contributed by atoms with E-state index in [0.717, 1.165) is 11.6 Å². The molecule has 11 nitrogen and oxygen atoms in total. The van der Waals surface area contributed by atoms with Crippen molar-refractivity contribution in [2.75, 3.05) is 11.9 Å². The molecule has 1 N–H and O–H groups in total. The van der Waals surface area contributed by atoms with Gasteiger partial charge >= 0.3 is 5.97 Å². The zero-order valence-corrected chi connectivity index (χ0v) is 18.4. The van der Waals surface area contributed by atoms with Crippen molar-refractivity contribution in [3.63, 3.8) is 0 Å². The number of ether oxygens (including phenoxy) is 1. The molecule has 1 aliphatic rings. The maximum atomic E-state index is 12.6. The average Bonchev–Trinajstić information content (AvgIpc) is 3.38. The summed E-state index contributed by atoms with van der Waals surface area (Å²) in [5, 5.41) is 15.8. The number of imide groups is 1. The summed E-state index contributed by atoms with van der Waals surface area (Å²) in [5.74, 6) is -3.50. The number of carbonyl (C=O) groups excluding carboxylic acids is 4. The van der Waals surface area contributed by atoms with E-state index in [9.17, 15) is 29.3 Å². The quantitative estimate of drug-likeness (QED) is 0.235. The lowest BCUT2D eigenvalue weighted by Gasteiger charge is -2.16. The molecule has 0 radical (unpaired) electrons. The Morgan fingerprint density at radius 1 is 1.15 bits per heavy atom. The molecule has 1 unspecified atom stereocenters. The highest BCUT2D eigenvalue weighted by atomic mass is 32.1. The van der Waals surface area contributed by atoms with Crippen LogP contribution in [0.15, 0.2) is 53.9 Å². The molecule has 12 heteroatoms. The molecule has 3 amide bonds. The number of aromatic nitrogens is 1. The van der Waals surface area contributed by atoms with Crippen LogP contribution in [0.5, 0.6) is 0 Å². The second-order valence-electron chi connectivity index (χ2n) is 7.18. The number of fused-ring (bicyclic) bond motifs is 1. The fourth-order valence-electron chi connectivity index (χ4n) is 3.31. The number of nitrogens with one attached hydrogen (secondary N) is 1. The lowest BCUT2D eigenvalue weighted by molar-refractivity contribution is -0.385. The smallest absolute Gasteiger partial charge is 0.326 e. The highest BCUT2D eigenvalue weighted by Crippen LogP contribution is 2.30. The van der Waals surface area contributed by atoms with Crippen LogP contribution in [0.25, 0.3) is 11.3 Å². The van der Waals surface area contributed by atoms with E-state index >= 15 is 0 Å². The summed E-state index contributed by atoms with van der Waals surface area (Å²) < 4.78 is 5.06. The number of anilines is 1. The fraction of sp³-hybridized carbons (Fsp3) is 0.136. The number of esters is 1. The third kappa shape index (κ3) is 4.38. The number of nitro groups is 1. The van der Waals surface area contributed by atoms with Gasteiger partial charge in [-0.2, -0.15) is 0 Å². The number of thiazole rings is 1. The topological polar surface area (TPSA) is 149 Å². The summed E-state index contributed by atoms with van der Waals surface area (Å²) in [4.78, 5) is 65.1. The van der Waals surface area contributed by atoms with Crippen molar-refractivity contribution in [1.82, 2.24) is 9.88 Å². The van der Waals surface area contributed by atoms with Crippen LogP contribution in [0, 0.1) is 10.1 Å². The Morgan fingerprint density at radius 2 is 1.88 bits per heavy atom. The number of benzene rings is 2. The van der Waals surface area contributed by atoms with Crippen molar-refractivity contribution >= 4 is 45.8 Å². The normalized spacial score (nSPS) is 13.4. The first kappa shape index (κ1) is 22.7. The lowest BCUT2D eigenvalue weighted by atomic mass is 10.1. The van der Waals surface area contributed by atoms with Crippen LogP contribution in [0.3, 0.4) is 0 Å². The van der Waals surface area contributed by atoms with Gasteiger partial charge in [0.15, 0.2) is 11.2 Å². The first-order valence-electron chi connectivity index (χ1n) is 9.91. The molecule has 2 aromatic carbocycles. The Morgan fingerprint density at radius 3 is 2.59 bits per heavy atom. The van der Waals surface area contributed by atoms with Crippen LogP contribution >= 0.6 is 11.3 Å². The molecule has 34 heavy (non-hydrogen) atoms. The second kappa shape index (κ2) is 9.19. The van der Waals surface area contributed by atoms with E-state index in [-0.39, 0.29) is 11.1 Å². The van der Waals surface area contributed by atoms with Crippen LogP contribution in [-0.4, -0.2) is 51.1 Å². The van der Waals surface area contributed by atoms with Crippen LogP contribution in [0.4, 0.5) is 10.8 Å². The summed E-state index contributed by atoms with van der Waals surface area (Å²) in [6.07, 6.45) is -1.25. The fourth-order valence-corrected chi connectivity index (χ4v) is 4.03. The van der Waals surface area contributed by atoms with E-state index in [4.69, 9.17) is 4.74 Å². The number of hydrogen-bond acceptors (Lipinski definition) is 9. The Labute approximate surface area is 196 Å². The summed E-state index contributed by atoms with van der Waals surface area (Å²) in [5.41, 5.74) is 0.466. The number of amides is 3. The zero-order valence-electron chi connectivity index (χ0n) is 17.6. The number of nitro benzene ring substituents is 1. The highest BCUT2D eigenvalue weighted by Gasteiger charge is 2.42. The summed E-state index contributed by atoms with van der Waals surface area (Å²) in [6.45, 7) is 0.530. The highest BCUT2D eigenvalue weighted by molar-refractivity contribution is 7.14. The summed E-state index contributed by atoms with van der Waals surface area (Å²) in [6, 6.07) is 13.0. The van der Waals surface area contributed by atoms with Gasteiger partial charge in [-0.1, -0.05) is 36.4 Å². The van der Waals surface area contributed by atoms with Gasteiger partial charge in [0, 0.05) is 17.0 Å². The van der Waals surface area contributed by atoms with Crippen molar-refractivity contribution in [3.8, 4) is 11.3 Å². The van der Waals surface area contributed by atoms with E-state index in [1.54, 1.807) is 5.38 Å². The minimum atomic E-state index is -1.25. The Bertz CT molecular complexity index is 1320. The number of carbonyl (C=O) groups is 4. The van der Waals surface area contributed by atoms with Gasteiger partial charge in [-0.25, -0.2) is 4.98 Å². The van der Waals surface area contributed by atoms with Crippen LogP contribution < -0.4 is 5.32 Å². The van der Waals surface area contributed by atoms with Crippen molar-refractivity contribution < 1.29 is 28.8 Å². The molecule has 172 valence electrons. The maximum absolute atomic E-state index is 12.6. The molecule has 0 saturated heterocycles. The SMILES string of the molecule is CC(OC(=O)CN1C(=O)c2cccc([N+](=O)[O-])c2C1=O)C(=O)Nc1nc(-c2ccccc2)cs1. The zero-order chi connectivity index (χ0) is 24.4. The molecule has 1 aliphatic heterocycles. The molecule has 0 saturated carbocycles. The van der Waals surface area contributed by atoms with Gasteiger partial charge in [-0.05, 0) is 13.0 Å². The second-order valence-corrected chi connectivity index (χ2v) is 8.04. The van der Waals surface area contributed by atoms with Gasteiger partial charge in [0.05, 0.1) is 16.2 Å². The monoisotopic (exact) mass is 480 g/mol. The predicted molar refractivity (Wildman–Crippen MR) is 120 cm³/mol. The molecule has 1 aromatic heterocycles. The molecule has 0 spiro atoms. The first-order chi connectivity index (χ1) is 16.3. The molecule has 4 rings (SSSR count). The molecular weight excluding hydrogens is 464 g/mol. The van der Waals surface area contributed by atoms with Crippen molar-refractivity contribution in [3.05, 3.63) is 75.2 Å². The van der Waals surface area contributed by atoms with E-state index < -0.39 is 47.0 Å². The van der Waals surface area contributed by atoms with Gasteiger partial charge in [0.1, 0.15) is 12.1 Å². The maximum Gasteiger partial charge on any atom is 0.326 e. The van der Waals surface area contributed by atoms with Crippen molar-refractivity contribution in [1.29, 1.82) is 0 Å². The standard InChI is InChI=1S/C22H16N4O7S/c1-12(19(28)24-22-23-15(11-34-22)13-6-3-2-4-7-13)33-17(27)10-25-20(29)14-8-5-9-16(26(31)32)18(14)21(25)30/h2-9,11-12H,10H2,1H3,(H,23,24,28). The number of nitrogens with zero attached hydrogens (tertiary/aromatic N) is 3. The van der Waals surface area contributed by atoms with E-state index in [2.05, 4.69) is 10.3 Å². The number of hydrogen-bond donors (Lipinski definition) is 1. The molecule has 0 bridgehead atoms. The van der Waals surface area contributed by atoms with E-state index in [1.807, 2.05) is 30.3 Å². The molecule has 1 atom stereocenters. The van der Waals surface area contributed by atoms with E-state index in [0.29, 0.717) is 15.7 Å². The minimum absolute atomic E-state index is 0.171. The van der Waals surface area contributed by atoms with Gasteiger partial charge in [0.25, 0.3) is 23.4 Å². The van der Waals surface area contributed by atoms with Gasteiger partial charge in [-0.3, -0.25) is 39.5 Å². The number of rotatable bonds is 7. The summed E-state index contributed by atoms with van der Waals surface area (Å²) >= 11 is 1.20. The predicted octanol–water partition coefficient (Wildman–Crippen LogP) is 2.88. The van der Waals surface area contributed by atoms with Crippen LogP contribution in [0.1, 0.15) is 27.6 Å². The Balaban J connectivity index is 1.37. The van der Waals surface area contributed by atoms with Gasteiger partial charge < -0.3 is 4.74 Å². The Hall–Kier alpha value is -4.45. The molecular formula is C22H16N4O7S. The minimum Gasteiger partial charge on any atom is -0.451 e. The van der Waals surface area contributed by atoms with Crippen LogP contribution in [0.2, 0.25) is 0 Å². The van der Waals surface area contributed by atoms with Crippen LogP contribution in [-0.2, 0) is 14.3 Å². The largest absolute Gasteiger partial charge is 0.451 e. The van der Waals surface area contributed by atoms with E-state index in [1.165, 1.54) is 30.4 Å². The van der Waals surface area contributed by atoms with Gasteiger partial charge in [0.2, 0.25) is 0 Å². The average molecular weight is 480 g/mol. The molecule has 0 fully saturated rings. The lowest BCUT2D eigenvalue weighted by Crippen LogP contribution is -2.38. The van der Waals surface area contributed by atoms with Crippen molar-refractivity contribution in [2.45, 2.75) is 13.0 Å². The molecule has 0 aliphatic carbocycles.